The first-order valence-corrected chi connectivity index (χ1v) is 7.55. The zero-order valence-corrected chi connectivity index (χ0v) is 12.5. The zero-order valence-electron chi connectivity index (χ0n) is 12.5. The predicted molar refractivity (Wildman–Crippen MR) is 82.0 cm³/mol. The van der Waals surface area contributed by atoms with E-state index in [0.717, 1.165) is 29.6 Å². The van der Waals surface area contributed by atoms with Crippen LogP contribution in [0.25, 0.3) is 11.0 Å². The lowest BCUT2D eigenvalue weighted by Crippen LogP contribution is -2.43. The average molecular weight is 273 g/mol. The van der Waals surface area contributed by atoms with Crippen molar-refractivity contribution in [3.63, 3.8) is 0 Å². The third-order valence-corrected chi connectivity index (χ3v) is 4.43. The lowest BCUT2D eigenvalue weighted by Gasteiger charge is -2.39. The number of aromatic amines is 1. The Morgan fingerprint density at radius 1 is 1.30 bits per heavy atom. The van der Waals surface area contributed by atoms with Crippen molar-refractivity contribution < 1.29 is 0 Å². The van der Waals surface area contributed by atoms with Crippen LogP contribution in [0.4, 0.5) is 0 Å². The Bertz CT molecular complexity index is 668. The number of piperidine rings is 1. The molecular weight excluding hydrogens is 250 g/mol. The van der Waals surface area contributed by atoms with Crippen LogP contribution >= 0.6 is 0 Å². The number of benzene rings is 1. The second kappa shape index (κ2) is 5.09. The number of hydrogen-bond donors (Lipinski definition) is 1. The van der Waals surface area contributed by atoms with E-state index in [-0.39, 0.29) is 11.9 Å². The summed E-state index contributed by atoms with van der Waals surface area (Å²) in [6.45, 7) is 7.55. The number of aryl methyl sites for hydroxylation is 1. The summed E-state index contributed by atoms with van der Waals surface area (Å²) in [7, 11) is 0. The van der Waals surface area contributed by atoms with Gasteiger partial charge in [-0.15, -0.1) is 0 Å². The molecule has 1 aliphatic rings. The molecule has 1 aromatic carbocycles. The molecule has 1 atom stereocenters. The summed E-state index contributed by atoms with van der Waals surface area (Å²) in [4.78, 5) is 17.9. The molecule has 0 saturated carbocycles. The Hall–Kier alpha value is -1.55. The molecule has 0 spiro atoms. The fourth-order valence-corrected chi connectivity index (χ4v) is 3.40. The second-order valence-corrected chi connectivity index (χ2v) is 6.08. The van der Waals surface area contributed by atoms with E-state index in [1.165, 1.54) is 12.8 Å². The van der Waals surface area contributed by atoms with Crippen molar-refractivity contribution in [3.8, 4) is 0 Å². The highest BCUT2D eigenvalue weighted by atomic mass is 16.1. The average Bonchev–Trinajstić information content (AvgIpc) is 2.76. The third-order valence-electron chi connectivity index (χ3n) is 4.43. The molecule has 20 heavy (non-hydrogen) atoms. The molecule has 4 heteroatoms. The van der Waals surface area contributed by atoms with Gasteiger partial charge in [0.1, 0.15) is 0 Å². The van der Waals surface area contributed by atoms with Gasteiger partial charge in [0, 0.05) is 12.6 Å². The quantitative estimate of drug-likeness (QED) is 0.913. The van der Waals surface area contributed by atoms with Crippen molar-refractivity contribution in [1.82, 2.24) is 14.5 Å². The summed E-state index contributed by atoms with van der Waals surface area (Å²) in [5, 5.41) is 0. The number of nitrogens with one attached hydrogen (secondary N) is 1. The highest BCUT2D eigenvalue weighted by molar-refractivity contribution is 5.78. The van der Waals surface area contributed by atoms with Crippen molar-refractivity contribution in [2.75, 3.05) is 6.54 Å². The van der Waals surface area contributed by atoms with Gasteiger partial charge in [-0.25, -0.2) is 4.79 Å². The standard InChI is InChI=1S/C16H23N3O/c1-11(2)18-10-5-4-9-14(18)19-13-8-6-7-12(3)15(13)17-16(19)20/h6-8,11,14H,4-5,9-10H2,1-3H3,(H,17,20). The Morgan fingerprint density at radius 2 is 2.10 bits per heavy atom. The minimum atomic E-state index is 0.0202. The second-order valence-electron chi connectivity index (χ2n) is 6.08. The SMILES string of the molecule is Cc1cccc2c1[nH]c(=O)n2C1CCCCN1C(C)C. The molecular formula is C16H23N3O. The molecule has 1 fully saturated rings. The molecule has 1 unspecified atom stereocenters. The first kappa shape index (κ1) is 13.4. The van der Waals surface area contributed by atoms with Crippen molar-refractivity contribution in [3.05, 3.63) is 34.2 Å². The highest BCUT2D eigenvalue weighted by Gasteiger charge is 2.28. The zero-order chi connectivity index (χ0) is 14.3. The maximum absolute atomic E-state index is 12.4. The number of hydrogen-bond acceptors (Lipinski definition) is 2. The van der Waals surface area contributed by atoms with Gasteiger partial charge in [-0.2, -0.15) is 0 Å². The summed E-state index contributed by atoms with van der Waals surface area (Å²) in [5.74, 6) is 0. The predicted octanol–water partition coefficient (Wildman–Crippen LogP) is 3.03. The number of imidazole rings is 1. The van der Waals surface area contributed by atoms with Gasteiger partial charge in [0.15, 0.2) is 0 Å². The van der Waals surface area contributed by atoms with E-state index in [1.54, 1.807) is 0 Å². The van der Waals surface area contributed by atoms with Crippen LogP contribution in [-0.4, -0.2) is 27.0 Å². The van der Waals surface area contributed by atoms with Crippen LogP contribution < -0.4 is 5.69 Å². The van der Waals surface area contributed by atoms with Gasteiger partial charge < -0.3 is 4.98 Å². The molecule has 1 aromatic heterocycles. The van der Waals surface area contributed by atoms with Crippen LogP contribution in [0.3, 0.4) is 0 Å². The van der Waals surface area contributed by atoms with Crippen LogP contribution in [0, 0.1) is 6.92 Å². The van der Waals surface area contributed by atoms with E-state index >= 15 is 0 Å². The van der Waals surface area contributed by atoms with Crippen molar-refractivity contribution >= 4 is 11.0 Å². The summed E-state index contributed by atoms with van der Waals surface area (Å²) < 4.78 is 1.96. The molecule has 3 rings (SSSR count). The number of H-pyrrole nitrogens is 1. The topological polar surface area (TPSA) is 41.0 Å². The van der Waals surface area contributed by atoms with E-state index in [9.17, 15) is 4.79 Å². The molecule has 0 radical (unpaired) electrons. The monoisotopic (exact) mass is 273 g/mol. The Balaban J connectivity index is 2.15. The first-order valence-electron chi connectivity index (χ1n) is 7.55. The Morgan fingerprint density at radius 3 is 2.85 bits per heavy atom. The third kappa shape index (κ3) is 2.08. The number of rotatable bonds is 2. The van der Waals surface area contributed by atoms with Crippen molar-refractivity contribution in [1.29, 1.82) is 0 Å². The van der Waals surface area contributed by atoms with E-state index in [0.29, 0.717) is 6.04 Å². The largest absolute Gasteiger partial charge is 0.327 e. The fraction of sp³-hybridized carbons (Fsp3) is 0.562. The number of likely N-dealkylation sites (tertiary alicyclic amines) is 1. The van der Waals surface area contributed by atoms with Gasteiger partial charge in [-0.1, -0.05) is 12.1 Å². The van der Waals surface area contributed by atoms with Crippen LogP contribution in [0.15, 0.2) is 23.0 Å². The summed E-state index contributed by atoms with van der Waals surface area (Å²) in [5.41, 5.74) is 3.16. The number of para-hydroxylation sites is 1. The molecule has 2 heterocycles. The minimum Gasteiger partial charge on any atom is -0.305 e. The van der Waals surface area contributed by atoms with Gasteiger partial charge >= 0.3 is 5.69 Å². The molecule has 0 bridgehead atoms. The Labute approximate surface area is 119 Å². The minimum absolute atomic E-state index is 0.0202. The fourth-order valence-electron chi connectivity index (χ4n) is 3.40. The van der Waals surface area contributed by atoms with Gasteiger partial charge in [-0.05, 0) is 51.7 Å². The van der Waals surface area contributed by atoms with Crippen LogP contribution in [0.5, 0.6) is 0 Å². The molecule has 2 aromatic rings. The Kier molecular flexibility index (Phi) is 3.42. The van der Waals surface area contributed by atoms with Crippen LogP contribution in [-0.2, 0) is 0 Å². The highest BCUT2D eigenvalue weighted by Crippen LogP contribution is 2.29. The molecule has 1 aliphatic heterocycles. The maximum Gasteiger partial charge on any atom is 0.327 e. The van der Waals surface area contributed by atoms with Gasteiger partial charge in [0.2, 0.25) is 0 Å². The molecule has 0 amide bonds. The maximum atomic E-state index is 12.4. The summed E-state index contributed by atoms with van der Waals surface area (Å²) >= 11 is 0. The van der Waals surface area contributed by atoms with Crippen molar-refractivity contribution in [2.24, 2.45) is 0 Å². The van der Waals surface area contributed by atoms with Crippen LogP contribution in [0.1, 0.15) is 44.8 Å². The molecule has 108 valence electrons. The van der Waals surface area contributed by atoms with Crippen molar-refractivity contribution in [2.45, 2.75) is 52.2 Å². The molecule has 0 aliphatic carbocycles. The molecule has 4 nitrogen and oxygen atoms in total. The van der Waals surface area contributed by atoms with E-state index in [4.69, 9.17) is 0 Å². The molecule has 1 N–H and O–H groups in total. The van der Waals surface area contributed by atoms with E-state index < -0.39 is 0 Å². The lowest BCUT2D eigenvalue weighted by molar-refractivity contribution is 0.0649. The van der Waals surface area contributed by atoms with Gasteiger partial charge in [-0.3, -0.25) is 9.47 Å². The number of nitrogens with zero attached hydrogens (tertiary/aromatic N) is 2. The first-order chi connectivity index (χ1) is 9.59. The van der Waals surface area contributed by atoms with E-state index in [1.807, 2.05) is 29.7 Å². The molecule has 1 saturated heterocycles. The summed E-state index contributed by atoms with van der Waals surface area (Å²) in [6, 6.07) is 6.59. The van der Waals surface area contributed by atoms with Gasteiger partial charge in [0.05, 0.1) is 17.2 Å². The van der Waals surface area contributed by atoms with Gasteiger partial charge in [0.25, 0.3) is 0 Å². The normalized spacial score (nSPS) is 20.9. The smallest absolute Gasteiger partial charge is 0.305 e. The van der Waals surface area contributed by atoms with Crippen LogP contribution in [0.2, 0.25) is 0 Å². The number of aromatic nitrogens is 2. The lowest BCUT2D eigenvalue weighted by atomic mass is 10.1. The summed E-state index contributed by atoms with van der Waals surface area (Å²) in [6.07, 6.45) is 3.66. The van der Waals surface area contributed by atoms with E-state index in [2.05, 4.69) is 23.7 Å². The number of fused-ring (bicyclic) bond motifs is 1.